The van der Waals surface area contributed by atoms with Gasteiger partial charge in [-0.3, -0.25) is 9.69 Å². The first-order chi connectivity index (χ1) is 16.4. The molecule has 3 aromatic carbocycles. The largest absolute Gasteiger partial charge is 0.378 e. The summed E-state index contributed by atoms with van der Waals surface area (Å²) in [6, 6.07) is 23.0. The molecule has 1 saturated heterocycles. The summed E-state index contributed by atoms with van der Waals surface area (Å²) in [6.45, 7) is 3.85. The zero-order chi connectivity index (χ0) is 24.1. The zero-order valence-corrected chi connectivity index (χ0v) is 20.3. The Morgan fingerprint density at radius 2 is 1.65 bits per heavy atom. The Kier molecular flexibility index (Phi) is 7.70. The van der Waals surface area contributed by atoms with Gasteiger partial charge in [0.2, 0.25) is 0 Å². The molecule has 1 atom stereocenters. The maximum Gasteiger partial charge on any atom is 0.255 e. The van der Waals surface area contributed by atoms with Crippen molar-refractivity contribution in [3.63, 3.8) is 0 Å². The second-order valence-electron chi connectivity index (χ2n) is 8.67. The molecule has 0 bridgehead atoms. The van der Waals surface area contributed by atoms with Gasteiger partial charge >= 0.3 is 0 Å². The molecule has 1 amide bonds. The summed E-state index contributed by atoms with van der Waals surface area (Å²) in [5, 5.41) is 3.04. The van der Waals surface area contributed by atoms with Gasteiger partial charge in [0.1, 0.15) is 5.82 Å². The minimum atomic E-state index is -0.617. The maximum absolute atomic E-state index is 14.3. The van der Waals surface area contributed by atoms with Crippen LogP contribution in [-0.4, -0.2) is 57.6 Å². The normalized spacial score (nSPS) is 15.1. The number of nitrogens with zero attached hydrogens (tertiary/aromatic N) is 3. The molecular formula is C27H30ClFN4O. The van der Waals surface area contributed by atoms with E-state index in [0.717, 1.165) is 37.4 Å². The Hall–Kier alpha value is -3.09. The molecule has 5 nitrogen and oxygen atoms in total. The van der Waals surface area contributed by atoms with E-state index in [2.05, 4.69) is 68.5 Å². The van der Waals surface area contributed by atoms with E-state index in [1.807, 2.05) is 20.2 Å². The summed E-state index contributed by atoms with van der Waals surface area (Å²) in [4.78, 5) is 19.6. The highest BCUT2D eigenvalue weighted by Crippen LogP contribution is 2.26. The highest BCUT2D eigenvalue weighted by molar-refractivity contribution is 6.33. The van der Waals surface area contributed by atoms with Crippen LogP contribution in [0.5, 0.6) is 0 Å². The predicted octanol–water partition coefficient (Wildman–Crippen LogP) is 4.84. The number of piperazine rings is 1. The smallest absolute Gasteiger partial charge is 0.255 e. The summed E-state index contributed by atoms with van der Waals surface area (Å²) >= 11 is 6.11. The van der Waals surface area contributed by atoms with Gasteiger partial charge in [0.05, 0.1) is 16.6 Å². The summed E-state index contributed by atoms with van der Waals surface area (Å²) in [5.74, 6) is -1.12. The number of benzene rings is 3. The number of hydrogen-bond acceptors (Lipinski definition) is 4. The van der Waals surface area contributed by atoms with Crippen molar-refractivity contribution >= 4 is 28.9 Å². The minimum absolute atomic E-state index is 0.0383. The van der Waals surface area contributed by atoms with Crippen molar-refractivity contribution < 1.29 is 9.18 Å². The van der Waals surface area contributed by atoms with E-state index in [1.54, 1.807) is 0 Å². The molecule has 1 fully saturated rings. The van der Waals surface area contributed by atoms with Gasteiger partial charge in [-0.25, -0.2) is 4.39 Å². The van der Waals surface area contributed by atoms with Gasteiger partial charge in [-0.05, 0) is 42.0 Å². The van der Waals surface area contributed by atoms with Crippen LogP contribution in [-0.2, 0) is 0 Å². The zero-order valence-electron chi connectivity index (χ0n) is 19.5. The number of para-hydroxylation sites is 1. The van der Waals surface area contributed by atoms with Crippen molar-refractivity contribution in [2.75, 3.05) is 56.6 Å². The number of carbonyl (C=O) groups excluding carboxylic acids is 1. The summed E-state index contributed by atoms with van der Waals surface area (Å²) in [5.41, 5.74) is 3.33. The highest BCUT2D eigenvalue weighted by Gasteiger charge is 2.26. The Morgan fingerprint density at radius 3 is 2.26 bits per heavy atom. The van der Waals surface area contributed by atoms with Crippen molar-refractivity contribution in [1.29, 1.82) is 0 Å². The molecule has 34 heavy (non-hydrogen) atoms. The molecule has 178 valence electrons. The van der Waals surface area contributed by atoms with Gasteiger partial charge in [0, 0.05) is 58.2 Å². The van der Waals surface area contributed by atoms with Crippen molar-refractivity contribution in [3.8, 4) is 0 Å². The topological polar surface area (TPSA) is 38.8 Å². The fourth-order valence-corrected chi connectivity index (χ4v) is 4.62. The van der Waals surface area contributed by atoms with Gasteiger partial charge in [-0.1, -0.05) is 48.0 Å². The van der Waals surface area contributed by atoms with Crippen molar-refractivity contribution in [2.45, 2.75) is 6.04 Å². The minimum Gasteiger partial charge on any atom is -0.378 e. The van der Waals surface area contributed by atoms with Crippen LogP contribution in [0.2, 0.25) is 5.02 Å². The van der Waals surface area contributed by atoms with Crippen LogP contribution in [0.3, 0.4) is 0 Å². The molecule has 1 heterocycles. The van der Waals surface area contributed by atoms with E-state index < -0.39 is 11.7 Å². The van der Waals surface area contributed by atoms with Crippen molar-refractivity contribution in [3.05, 3.63) is 94.8 Å². The first kappa shape index (κ1) is 24.0. The van der Waals surface area contributed by atoms with Crippen molar-refractivity contribution in [1.82, 2.24) is 10.2 Å². The fraction of sp³-hybridized carbons (Fsp3) is 0.296. The van der Waals surface area contributed by atoms with Crippen LogP contribution >= 0.6 is 11.6 Å². The molecule has 1 aliphatic heterocycles. The molecule has 0 aromatic heterocycles. The Balaban J connectivity index is 1.51. The molecular weight excluding hydrogens is 451 g/mol. The number of amides is 1. The average molecular weight is 481 g/mol. The average Bonchev–Trinajstić information content (AvgIpc) is 2.85. The van der Waals surface area contributed by atoms with Crippen molar-refractivity contribution in [2.24, 2.45) is 0 Å². The van der Waals surface area contributed by atoms with E-state index in [1.165, 1.54) is 23.9 Å². The SMILES string of the molecule is CN(C)c1ccc([C@H](CNC(=O)c2c(F)cccc2Cl)N2CCN(c3ccccc3)CC2)cc1. The second kappa shape index (κ2) is 10.9. The molecule has 1 aliphatic rings. The molecule has 0 aliphatic carbocycles. The lowest BCUT2D eigenvalue weighted by molar-refractivity contribution is 0.0926. The number of hydrogen-bond donors (Lipinski definition) is 1. The monoisotopic (exact) mass is 480 g/mol. The molecule has 3 aromatic rings. The molecule has 0 radical (unpaired) electrons. The lowest BCUT2D eigenvalue weighted by Gasteiger charge is -2.40. The third-order valence-corrected chi connectivity index (χ3v) is 6.63. The van der Waals surface area contributed by atoms with Crippen LogP contribution < -0.4 is 15.1 Å². The molecule has 0 saturated carbocycles. The number of halogens is 2. The van der Waals surface area contributed by atoms with Gasteiger partial charge in [0.15, 0.2) is 0 Å². The van der Waals surface area contributed by atoms with E-state index in [-0.39, 0.29) is 16.6 Å². The van der Waals surface area contributed by atoms with Gasteiger partial charge in [0.25, 0.3) is 5.91 Å². The number of nitrogens with one attached hydrogen (secondary N) is 1. The van der Waals surface area contributed by atoms with E-state index in [4.69, 9.17) is 11.6 Å². The molecule has 0 spiro atoms. The molecule has 4 rings (SSSR count). The Morgan fingerprint density at radius 1 is 0.971 bits per heavy atom. The summed E-state index contributed by atoms with van der Waals surface area (Å²) < 4.78 is 14.3. The maximum atomic E-state index is 14.3. The van der Waals surface area contributed by atoms with Crippen LogP contribution in [0.15, 0.2) is 72.8 Å². The van der Waals surface area contributed by atoms with Crippen LogP contribution in [0.1, 0.15) is 22.0 Å². The number of carbonyl (C=O) groups is 1. The lowest BCUT2D eigenvalue weighted by Crippen LogP contribution is -2.50. The third kappa shape index (κ3) is 5.51. The van der Waals surface area contributed by atoms with Crippen LogP contribution in [0, 0.1) is 5.82 Å². The fourth-order valence-electron chi connectivity index (χ4n) is 4.38. The number of anilines is 2. The van der Waals surface area contributed by atoms with E-state index >= 15 is 0 Å². The summed E-state index contributed by atoms with van der Waals surface area (Å²) in [7, 11) is 4.02. The first-order valence-corrected chi connectivity index (χ1v) is 11.9. The Bertz CT molecular complexity index is 1080. The predicted molar refractivity (Wildman–Crippen MR) is 137 cm³/mol. The second-order valence-corrected chi connectivity index (χ2v) is 9.07. The van der Waals surface area contributed by atoms with E-state index in [9.17, 15) is 9.18 Å². The Labute approximate surface area is 205 Å². The third-order valence-electron chi connectivity index (χ3n) is 6.32. The van der Waals surface area contributed by atoms with Gasteiger partial charge in [-0.15, -0.1) is 0 Å². The molecule has 1 N–H and O–H groups in total. The quantitative estimate of drug-likeness (QED) is 0.525. The van der Waals surface area contributed by atoms with Gasteiger partial charge < -0.3 is 15.1 Å². The standard InChI is InChI=1S/C27H30ClFN4O/c1-31(2)21-13-11-20(12-14-21)25(19-30-27(34)26-23(28)9-6-10-24(26)29)33-17-15-32(16-18-33)22-7-4-3-5-8-22/h3-14,25H,15-19H2,1-2H3,(H,30,34)/t25-/m0/s1. The van der Waals surface area contributed by atoms with Crippen LogP contribution in [0.25, 0.3) is 0 Å². The highest BCUT2D eigenvalue weighted by atomic mass is 35.5. The van der Waals surface area contributed by atoms with E-state index in [0.29, 0.717) is 6.54 Å². The number of rotatable bonds is 7. The van der Waals surface area contributed by atoms with Gasteiger partial charge in [-0.2, -0.15) is 0 Å². The lowest BCUT2D eigenvalue weighted by atomic mass is 10.0. The summed E-state index contributed by atoms with van der Waals surface area (Å²) in [6.07, 6.45) is 0. The molecule has 7 heteroatoms. The molecule has 0 unspecified atom stereocenters. The van der Waals surface area contributed by atoms with Crippen LogP contribution in [0.4, 0.5) is 15.8 Å². The first-order valence-electron chi connectivity index (χ1n) is 11.5.